The third kappa shape index (κ3) is 1.73. The lowest BCUT2D eigenvalue weighted by Gasteiger charge is -2.32. The van der Waals surface area contributed by atoms with Crippen LogP contribution in [0, 0.1) is 5.41 Å². The van der Waals surface area contributed by atoms with Gasteiger partial charge in [-0.25, -0.2) is 4.79 Å². The zero-order valence-corrected chi connectivity index (χ0v) is 9.66. The van der Waals surface area contributed by atoms with Crippen molar-refractivity contribution in [2.24, 2.45) is 5.41 Å². The van der Waals surface area contributed by atoms with Crippen LogP contribution < -0.4 is 0 Å². The molecule has 18 heavy (non-hydrogen) atoms. The lowest BCUT2D eigenvalue weighted by Crippen LogP contribution is -2.36. The molecule has 5 nitrogen and oxygen atoms in total. The molecule has 0 bridgehead atoms. The molecule has 2 unspecified atom stereocenters. The van der Waals surface area contributed by atoms with Gasteiger partial charge in [0.15, 0.2) is 0 Å². The van der Waals surface area contributed by atoms with Gasteiger partial charge in [-0.2, -0.15) is 0 Å². The molecule has 0 saturated carbocycles. The van der Waals surface area contributed by atoms with Gasteiger partial charge in [0, 0.05) is 5.57 Å². The van der Waals surface area contributed by atoms with Crippen LogP contribution in [0.25, 0.3) is 0 Å². The summed E-state index contributed by atoms with van der Waals surface area (Å²) >= 11 is 0. The van der Waals surface area contributed by atoms with Crippen LogP contribution in [-0.2, 0) is 9.59 Å². The fourth-order valence-corrected chi connectivity index (χ4v) is 2.16. The van der Waals surface area contributed by atoms with Gasteiger partial charge < -0.3 is 14.6 Å². The van der Waals surface area contributed by atoms with Crippen molar-refractivity contribution in [3.05, 3.63) is 48.0 Å². The van der Waals surface area contributed by atoms with E-state index in [2.05, 4.69) is 0 Å². The third-order valence-corrected chi connectivity index (χ3v) is 3.16. The second kappa shape index (κ2) is 4.18. The molecule has 0 saturated heterocycles. The number of carboxylic acid groups (broad SMARTS) is 2. The fraction of sp³-hybridized carbons (Fsp3) is 0.231. The highest BCUT2D eigenvalue weighted by Crippen LogP contribution is 2.45. The average Bonchev–Trinajstić information content (AvgIpc) is 2.81. The molecule has 1 aromatic heterocycles. The maximum atomic E-state index is 11.4. The summed E-state index contributed by atoms with van der Waals surface area (Å²) in [7, 11) is 0. The summed E-state index contributed by atoms with van der Waals surface area (Å²) < 4.78 is 5.20. The van der Waals surface area contributed by atoms with Gasteiger partial charge in [-0.15, -0.1) is 0 Å². The topological polar surface area (TPSA) is 87.7 Å². The molecule has 5 heteroatoms. The Morgan fingerprint density at radius 1 is 1.39 bits per heavy atom. The van der Waals surface area contributed by atoms with Crippen molar-refractivity contribution < 1.29 is 24.2 Å². The molecule has 0 radical (unpaired) electrons. The van der Waals surface area contributed by atoms with Crippen molar-refractivity contribution in [2.75, 3.05) is 0 Å². The van der Waals surface area contributed by atoms with Gasteiger partial charge in [0.2, 0.25) is 0 Å². The minimum absolute atomic E-state index is 0.0114. The summed E-state index contributed by atoms with van der Waals surface area (Å²) in [5.41, 5.74) is -1.32. The number of aliphatic carboxylic acids is 2. The van der Waals surface area contributed by atoms with Gasteiger partial charge in [0.25, 0.3) is 0 Å². The van der Waals surface area contributed by atoms with Gasteiger partial charge in [0.05, 0.1) is 17.6 Å². The summed E-state index contributed by atoms with van der Waals surface area (Å²) in [6, 6.07) is 3.19. The first-order chi connectivity index (χ1) is 8.47. The van der Waals surface area contributed by atoms with E-state index in [-0.39, 0.29) is 5.57 Å². The lowest BCUT2D eigenvalue weighted by atomic mass is 9.69. The second-order valence-corrected chi connectivity index (χ2v) is 4.32. The van der Waals surface area contributed by atoms with Crippen molar-refractivity contribution in [3.63, 3.8) is 0 Å². The molecule has 2 rings (SSSR count). The molecular formula is C13H12O5. The molecule has 94 valence electrons. The monoisotopic (exact) mass is 248 g/mol. The first kappa shape index (κ1) is 12.2. The van der Waals surface area contributed by atoms with E-state index in [0.29, 0.717) is 5.76 Å². The standard InChI is InChI=1S/C13H12O5/c1-13(12(16)17)6-2-4-8(11(14)15)10(13)9-5-3-7-18-9/h2-7,10H,1H3,(H,14,15)(H,16,17). The quantitative estimate of drug-likeness (QED) is 0.854. The van der Waals surface area contributed by atoms with E-state index < -0.39 is 23.3 Å². The maximum Gasteiger partial charge on any atom is 0.332 e. The second-order valence-electron chi connectivity index (χ2n) is 4.32. The molecule has 2 atom stereocenters. The van der Waals surface area contributed by atoms with E-state index in [1.54, 1.807) is 12.1 Å². The summed E-state index contributed by atoms with van der Waals surface area (Å²) in [5, 5.41) is 18.5. The smallest absolute Gasteiger partial charge is 0.332 e. The Bertz CT molecular complexity index is 538. The number of carboxylic acids is 2. The number of furan rings is 1. The van der Waals surface area contributed by atoms with Gasteiger partial charge in [0.1, 0.15) is 5.76 Å². The normalized spacial score (nSPS) is 26.7. The highest BCUT2D eigenvalue weighted by atomic mass is 16.4. The molecule has 1 aliphatic rings. The molecule has 2 N–H and O–H groups in total. The number of hydrogen-bond donors (Lipinski definition) is 2. The molecule has 1 aliphatic carbocycles. The summed E-state index contributed by atoms with van der Waals surface area (Å²) in [5.74, 6) is -2.74. The zero-order chi connectivity index (χ0) is 13.3. The Kier molecular flexibility index (Phi) is 2.82. The Hall–Kier alpha value is -2.30. The van der Waals surface area contributed by atoms with Crippen LogP contribution in [0.1, 0.15) is 18.6 Å². The fourth-order valence-electron chi connectivity index (χ4n) is 2.16. The SMILES string of the molecule is CC1(C(=O)O)C=CC=C(C(=O)O)C1c1ccco1. The Morgan fingerprint density at radius 3 is 2.61 bits per heavy atom. The highest BCUT2D eigenvalue weighted by Gasteiger charge is 2.46. The van der Waals surface area contributed by atoms with Gasteiger partial charge >= 0.3 is 11.9 Å². The Balaban J connectivity index is 2.58. The molecule has 1 aromatic rings. The van der Waals surface area contributed by atoms with Crippen LogP contribution in [0.15, 0.2) is 46.6 Å². The van der Waals surface area contributed by atoms with Crippen LogP contribution in [0.5, 0.6) is 0 Å². The van der Waals surface area contributed by atoms with E-state index in [4.69, 9.17) is 4.42 Å². The van der Waals surface area contributed by atoms with Gasteiger partial charge in [-0.1, -0.05) is 18.2 Å². The molecule has 0 aromatic carbocycles. The van der Waals surface area contributed by atoms with Crippen molar-refractivity contribution in [1.29, 1.82) is 0 Å². The van der Waals surface area contributed by atoms with Crippen molar-refractivity contribution in [3.8, 4) is 0 Å². The predicted octanol–water partition coefficient (Wildman–Crippen LogP) is 2.03. The van der Waals surface area contributed by atoms with Crippen LogP contribution in [0.2, 0.25) is 0 Å². The van der Waals surface area contributed by atoms with Crippen molar-refractivity contribution in [2.45, 2.75) is 12.8 Å². The summed E-state index contributed by atoms with van der Waals surface area (Å²) in [6.45, 7) is 1.48. The first-order valence-electron chi connectivity index (χ1n) is 5.36. The molecule has 0 aliphatic heterocycles. The van der Waals surface area contributed by atoms with Crippen molar-refractivity contribution in [1.82, 2.24) is 0 Å². The van der Waals surface area contributed by atoms with Crippen LogP contribution in [0.4, 0.5) is 0 Å². The van der Waals surface area contributed by atoms with Gasteiger partial charge in [-0.3, -0.25) is 4.79 Å². The van der Waals surface area contributed by atoms with Gasteiger partial charge in [-0.05, 0) is 19.1 Å². The number of carbonyl (C=O) groups is 2. The minimum atomic E-state index is -1.33. The van der Waals surface area contributed by atoms with Crippen molar-refractivity contribution >= 4 is 11.9 Å². The van der Waals surface area contributed by atoms with E-state index in [9.17, 15) is 19.8 Å². The molecule has 0 fully saturated rings. The zero-order valence-electron chi connectivity index (χ0n) is 9.66. The summed E-state index contributed by atoms with van der Waals surface area (Å²) in [4.78, 5) is 22.7. The van der Waals surface area contributed by atoms with E-state index in [0.717, 1.165) is 0 Å². The van der Waals surface area contributed by atoms with Crippen LogP contribution >= 0.6 is 0 Å². The average molecular weight is 248 g/mol. The molecule has 0 amide bonds. The molecule has 1 heterocycles. The van der Waals surface area contributed by atoms with Crippen LogP contribution in [-0.4, -0.2) is 22.2 Å². The maximum absolute atomic E-state index is 11.4. The first-order valence-corrected chi connectivity index (χ1v) is 5.36. The Morgan fingerprint density at radius 2 is 2.11 bits per heavy atom. The predicted molar refractivity (Wildman–Crippen MR) is 62.1 cm³/mol. The highest BCUT2D eigenvalue weighted by molar-refractivity contribution is 5.92. The third-order valence-electron chi connectivity index (χ3n) is 3.16. The van der Waals surface area contributed by atoms with Crippen LogP contribution in [0.3, 0.4) is 0 Å². The number of allylic oxidation sites excluding steroid dienone is 2. The van der Waals surface area contributed by atoms with E-state index in [1.807, 2.05) is 0 Å². The lowest BCUT2D eigenvalue weighted by molar-refractivity contribution is -0.146. The van der Waals surface area contributed by atoms with E-state index >= 15 is 0 Å². The number of rotatable bonds is 3. The summed E-state index contributed by atoms with van der Waals surface area (Å²) in [6.07, 6.45) is 5.74. The minimum Gasteiger partial charge on any atom is -0.481 e. The van der Waals surface area contributed by atoms with E-state index in [1.165, 1.54) is 31.4 Å². The number of hydrogen-bond acceptors (Lipinski definition) is 3. The molecular weight excluding hydrogens is 236 g/mol. The molecule has 0 spiro atoms. The Labute approximate surface area is 103 Å². The largest absolute Gasteiger partial charge is 0.481 e.